The molecule has 2 N–H and O–H groups in total. The van der Waals surface area contributed by atoms with Crippen LogP contribution in [0.1, 0.15) is 32.1 Å². The van der Waals surface area contributed by atoms with Crippen molar-refractivity contribution < 1.29 is 13.2 Å². The third kappa shape index (κ3) is 2.38. The average molecular weight is 360 g/mol. The van der Waals surface area contributed by atoms with Gasteiger partial charge in [0.1, 0.15) is 0 Å². The van der Waals surface area contributed by atoms with Crippen LogP contribution >= 0.6 is 15.9 Å². The van der Waals surface area contributed by atoms with E-state index in [1.807, 2.05) is 0 Å². The minimum Gasteiger partial charge on any atom is -0.399 e. The Bertz CT molecular complexity index is 625. The van der Waals surface area contributed by atoms with Gasteiger partial charge in [-0.15, -0.1) is 0 Å². The molecule has 2 aliphatic rings. The zero-order chi connectivity index (χ0) is 14.4. The van der Waals surface area contributed by atoms with Crippen molar-refractivity contribution in [3.8, 4) is 0 Å². The normalized spacial score (nSPS) is 25.4. The van der Waals surface area contributed by atoms with Crippen LogP contribution in [-0.4, -0.2) is 25.9 Å². The molecule has 1 heterocycles. The van der Waals surface area contributed by atoms with Gasteiger partial charge in [-0.25, -0.2) is 8.42 Å². The number of benzene rings is 1. The van der Waals surface area contributed by atoms with Gasteiger partial charge in [-0.3, -0.25) is 0 Å². The van der Waals surface area contributed by atoms with Crippen molar-refractivity contribution in [2.45, 2.75) is 47.9 Å². The second-order valence-electron chi connectivity index (χ2n) is 5.73. The Kier molecular flexibility index (Phi) is 3.59. The van der Waals surface area contributed by atoms with Crippen LogP contribution in [0.5, 0.6) is 0 Å². The maximum atomic E-state index is 12.8. The third-order valence-electron chi connectivity index (χ3n) is 4.41. The van der Waals surface area contributed by atoms with Crippen molar-refractivity contribution in [3.05, 3.63) is 22.7 Å². The second-order valence-corrected chi connectivity index (χ2v) is 8.79. The lowest BCUT2D eigenvalue weighted by atomic mass is 9.75. The van der Waals surface area contributed by atoms with Crippen molar-refractivity contribution in [2.75, 3.05) is 12.3 Å². The van der Waals surface area contributed by atoms with E-state index in [2.05, 4.69) is 15.9 Å². The maximum absolute atomic E-state index is 12.8. The van der Waals surface area contributed by atoms with Gasteiger partial charge in [0.2, 0.25) is 0 Å². The van der Waals surface area contributed by atoms with Gasteiger partial charge in [-0.2, -0.15) is 0 Å². The van der Waals surface area contributed by atoms with E-state index in [4.69, 9.17) is 10.5 Å². The fraction of sp³-hybridized carbons (Fsp3) is 0.571. The highest BCUT2D eigenvalue weighted by Gasteiger charge is 2.46. The molecular weight excluding hydrogens is 342 g/mol. The van der Waals surface area contributed by atoms with E-state index in [0.29, 0.717) is 34.5 Å². The smallest absolute Gasteiger partial charge is 0.182 e. The molecule has 1 atom stereocenters. The Hall–Kier alpha value is -0.590. The molecule has 1 aromatic carbocycles. The van der Waals surface area contributed by atoms with Crippen molar-refractivity contribution in [1.29, 1.82) is 0 Å². The lowest BCUT2D eigenvalue weighted by Crippen LogP contribution is -2.49. The first kappa shape index (κ1) is 14.4. The quantitative estimate of drug-likeness (QED) is 0.824. The van der Waals surface area contributed by atoms with E-state index in [0.717, 1.165) is 19.3 Å². The topological polar surface area (TPSA) is 69.4 Å². The number of nitrogens with two attached hydrogens (primary N) is 1. The molecular formula is C14H18BrNO3S. The van der Waals surface area contributed by atoms with E-state index in [1.165, 1.54) is 0 Å². The number of ether oxygens (including phenoxy) is 1. The van der Waals surface area contributed by atoms with E-state index in [1.54, 1.807) is 18.2 Å². The molecule has 1 saturated carbocycles. The first-order chi connectivity index (χ1) is 9.43. The Labute approximate surface area is 127 Å². The summed E-state index contributed by atoms with van der Waals surface area (Å²) < 4.78 is 32.0. The molecule has 20 heavy (non-hydrogen) atoms. The summed E-state index contributed by atoms with van der Waals surface area (Å²) in [6, 6.07) is 4.87. The number of hydrogen-bond donors (Lipinski definition) is 1. The molecule has 0 amide bonds. The fourth-order valence-electron chi connectivity index (χ4n) is 3.09. The molecule has 1 aliphatic heterocycles. The lowest BCUT2D eigenvalue weighted by Gasteiger charge is -2.46. The summed E-state index contributed by atoms with van der Waals surface area (Å²) in [5.74, 6) is 0. The predicted molar refractivity (Wildman–Crippen MR) is 81.3 cm³/mol. The van der Waals surface area contributed by atoms with E-state index in [9.17, 15) is 8.42 Å². The molecule has 0 radical (unpaired) electrons. The van der Waals surface area contributed by atoms with Crippen LogP contribution in [0.2, 0.25) is 0 Å². The van der Waals surface area contributed by atoms with Gasteiger partial charge < -0.3 is 10.5 Å². The molecule has 1 saturated heterocycles. The summed E-state index contributed by atoms with van der Waals surface area (Å²) in [5.41, 5.74) is 6.06. The highest BCUT2D eigenvalue weighted by molar-refractivity contribution is 9.10. The van der Waals surface area contributed by atoms with Crippen LogP contribution in [0.4, 0.5) is 5.69 Å². The molecule has 110 valence electrons. The summed E-state index contributed by atoms with van der Waals surface area (Å²) in [4.78, 5) is 0.341. The lowest BCUT2D eigenvalue weighted by molar-refractivity contribution is -0.125. The molecule has 0 bridgehead atoms. The Balaban J connectivity index is 1.91. The summed E-state index contributed by atoms with van der Waals surface area (Å²) in [5, 5.41) is -0.350. The van der Waals surface area contributed by atoms with Gasteiger partial charge in [-0.1, -0.05) is 0 Å². The molecule has 0 aromatic heterocycles. The van der Waals surface area contributed by atoms with Crippen molar-refractivity contribution >= 4 is 31.5 Å². The Morgan fingerprint density at radius 2 is 2.10 bits per heavy atom. The average Bonchev–Trinajstić information content (AvgIpc) is 2.36. The molecule has 2 fully saturated rings. The van der Waals surface area contributed by atoms with Crippen LogP contribution in [-0.2, 0) is 14.6 Å². The van der Waals surface area contributed by atoms with Crippen LogP contribution < -0.4 is 5.73 Å². The maximum Gasteiger partial charge on any atom is 0.182 e. The SMILES string of the molecule is Nc1ccc(S(=O)(=O)C2CCOC3(CCC3)C2)c(Br)c1. The zero-order valence-electron chi connectivity index (χ0n) is 11.1. The van der Waals surface area contributed by atoms with Gasteiger partial charge in [0.05, 0.1) is 15.7 Å². The molecule has 6 heteroatoms. The van der Waals surface area contributed by atoms with Crippen molar-refractivity contribution in [2.24, 2.45) is 0 Å². The van der Waals surface area contributed by atoms with E-state index in [-0.39, 0.29) is 10.9 Å². The van der Waals surface area contributed by atoms with E-state index >= 15 is 0 Å². The van der Waals surface area contributed by atoms with Gasteiger partial charge in [0.15, 0.2) is 9.84 Å². The molecule has 4 nitrogen and oxygen atoms in total. The first-order valence-corrected chi connectivity index (χ1v) is 9.20. The molecule has 1 aliphatic carbocycles. The number of halogens is 1. The number of nitrogen functional groups attached to an aromatic ring is 1. The molecule has 1 unspecified atom stereocenters. The molecule has 1 aromatic rings. The van der Waals surface area contributed by atoms with Crippen LogP contribution in [0, 0.1) is 0 Å². The van der Waals surface area contributed by atoms with Gasteiger partial charge in [-0.05, 0) is 66.2 Å². The van der Waals surface area contributed by atoms with Crippen molar-refractivity contribution in [1.82, 2.24) is 0 Å². The first-order valence-electron chi connectivity index (χ1n) is 6.86. The summed E-state index contributed by atoms with van der Waals surface area (Å²) >= 11 is 3.32. The van der Waals surface area contributed by atoms with Gasteiger partial charge >= 0.3 is 0 Å². The highest BCUT2D eigenvalue weighted by atomic mass is 79.9. The largest absolute Gasteiger partial charge is 0.399 e. The number of sulfone groups is 1. The van der Waals surface area contributed by atoms with Crippen molar-refractivity contribution in [3.63, 3.8) is 0 Å². The van der Waals surface area contributed by atoms with Crippen LogP contribution in [0.3, 0.4) is 0 Å². The summed E-state index contributed by atoms with van der Waals surface area (Å²) in [6.07, 6.45) is 4.30. The van der Waals surface area contributed by atoms with Gasteiger partial charge in [0, 0.05) is 16.8 Å². The number of hydrogen-bond acceptors (Lipinski definition) is 4. The summed E-state index contributed by atoms with van der Waals surface area (Å²) in [6.45, 7) is 0.538. The van der Waals surface area contributed by atoms with Crippen LogP contribution in [0.15, 0.2) is 27.6 Å². The highest BCUT2D eigenvalue weighted by Crippen LogP contribution is 2.45. The number of rotatable bonds is 2. The zero-order valence-corrected chi connectivity index (χ0v) is 13.5. The Morgan fingerprint density at radius 1 is 1.35 bits per heavy atom. The monoisotopic (exact) mass is 359 g/mol. The third-order valence-corrected chi connectivity index (χ3v) is 7.58. The second kappa shape index (κ2) is 5.00. The van der Waals surface area contributed by atoms with Gasteiger partial charge in [0.25, 0.3) is 0 Å². The number of anilines is 1. The van der Waals surface area contributed by atoms with E-state index < -0.39 is 9.84 Å². The standard InChI is InChI=1S/C14H18BrNO3S/c15-12-8-10(16)2-3-13(12)20(17,18)11-4-7-19-14(9-11)5-1-6-14/h2-3,8,11H,1,4-7,9,16H2. The fourth-order valence-corrected chi connectivity index (χ4v) is 6.05. The van der Waals surface area contributed by atoms with Crippen LogP contribution in [0.25, 0.3) is 0 Å². The molecule has 1 spiro atoms. The summed E-state index contributed by atoms with van der Waals surface area (Å²) in [7, 11) is -3.34. The minimum atomic E-state index is -3.34. The Morgan fingerprint density at radius 3 is 2.70 bits per heavy atom. The predicted octanol–water partition coefficient (Wildman–Crippen LogP) is 2.91. The molecule has 3 rings (SSSR count). The minimum absolute atomic E-state index is 0.170.